The second kappa shape index (κ2) is 3.32. The molecule has 1 heteroatoms. The second-order valence-corrected chi connectivity index (χ2v) is 5.82. The number of nitrogens with one attached hydrogen (secondary N) is 1. The lowest BCUT2D eigenvalue weighted by Crippen LogP contribution is -2.42. The Balaban J connectivity index is 1.74. The maximum atomic E-state index is 7.91. The van der Waals surface area contributed by atoms with Crippen LogP contribution >= 0.6 is 0 Å². The van der Waals surface area contributed by atoms with E-state index >= 15 is 0 Å². The quantitative estimate of drug-likeness (QED) is 0.606. The summed E-state index contributed by atoms with van der Waals surface area (Å²) >= 11 is 0. The van der Waals surface area contributed by atoms with E-state index in [-0.39, 0.29) is 0 Å². The molecule has 1 nitrogen and oxygen atoms in total. The first-order chi connectivity index (χ1) is 8.31. The minimum atomic E-state index is 0.573. The van der Waals surface area contributed by atoms with Gasteiger partial charge in [0.25, 0.3) is 0 Å². The van der Waals surface area contributed by atoms with Crippen molar-refractivity contribution in [2.24, 2.45) is 23.7 Å². The summed E-state index contributed by atoms with van der Waals surface area (Å²) in [6.07, 6.45) is 17.3. The Labute approximate surface area is 102 Å². The molecule has 0 spiro atoms. The summed E-state index contributed by atoms with van der Waals surface area (Å²) in [5.74, 6) is 2.52. The fourth-order valence-corrected chi connectivity index (χ4v) is 3.89. The van der Waals surface area contributed by atoms with Crippen LogP contribution < -0.4 is 0 Å². The summed E-state index contributed by atoms with van der Waals surface area (Å²) in [7, 11) is 0. The molecule has 0 aromatic carbocycles. The van der Waals surface area contributed by atoms with Crippen LogP contribution in [-0.4, -0.2) is 5.71 Å². The van der Waals surface area contributed by atoms with Crippen LogP contribution in [-0.2, 0) is 0 Å². The van der Waals surface area contributed by atoms with Crippen molar-refractivity contribution in [2.75, 3.05) is 0 Å². The number of rotatable bonds is 0. The predicted molar refractivity (Wildman–Crippen MR) is 70.0 cm³/mol. The van der Waals surface area contributed by atoms with Crippen molar-refractivity contribution in [1.82, 2.24) is 0 Å². The molecule has 0 aliphatic heterocycles. The van der Waals surface area contributed by atoms with Crippen LogP contribution in [0.4, 0.5) is 0 Å². The first kappa shape index (κ1) is 9.64. The molecule has 3 unspecified atom stereocenters. The zero-order chi connectivity index (χ0) is 11.4. The summed E-state index contributed by atoms with van der Waals surface area (Å²) < 4.78 is 0. The van der Waals surface area contributed by atoms with Crippen LogP contribution in [0.5, 0.6) is 0 Å². The number of hydrogen-bond acceptors (Lipinski definition) is 1. The van der Waals surface area contributed by atoms with Gasteiger partial charge >= 0.3 is 0 Å². The van der Waals surface area contributed by atoms with Gasteiger partial charge in [0.05, 0.1) is 0 Å². The van der Waals surface area contributed by atoms with Gasteiger partial charge in [0.15, 0.2) is 0 Å². The van der Waals surface area contributed by atoms with Crippen LogP contribution in [0.3, 0.4) is 0 Å². The Morgan fingerprint density at radius 1 is 1.12 bits per heavy atom. The van der Waals surface area contributed by atoms with Crippen LogP contribution in [0.25, 0.3) is 0 Å². The molecule has 0 amide bonds. The monoisotopic (exact) mass is 223 g/mol. The van der Waals surface area contributed by atoms with Gasteiger partial charge in [-0.15, -0.1) is 0 Å². The first-order valence-electron chi connectivity index (χ1n) is 6.65. The van der Waals surface area contributed by atoms with Crippen molar-refractivity contribution in [3.63, 3.8) is 0 Å². The molecule has 0 aromatic heterocycles. The highest BCUT2D eigenvalue weighted by atomic mass is 14.6. The Hall–Kier alpha value is -1.37. The summed E-state index contributed by atoms with van der Waals surface area (Å²) in [4.78, 5) is 0. The molecule has 1 N–H and O–H groups in total. The van der Waals surface area contributed by atoms with Gasteiger partial charge in [-0.05, 0) is 36.7 Å². The van der Waals surface area contributed by atoms with Crippen LogP contribution in [0, 0.1) is 29.1 Å². The molecule has 4 aliphatic carbocycles. The molecular formula is C16H17N. The van der Waals surface area contributed by atoms with Gasteiger partial charge in [-0.25, -0.2) is 0 Å². The lowest BCUT2D eigenvalue weighted by atomic mass is 9.59. The van der Waals surface area contributed by atoms with Crippen molar-refractivity contribution < 1.29 is 0 Å². The van der Waals surface area contributed by atoms with Gasteiger partial charge in [0.1, 0.15) is 0 Å². The normalized spacial score (nSPS) is 41.8. The molecule has 4 atom stereocenters. The van der Waals surface area contributed by atoms with E-state index in [1.165, 1.54) is 12.0 Å². The van der Waals surface area contributed by atoms with Gasteiger partial charge < -0.3 is 5.41 Å². The third-order valence-corrected chi connectivity index (χ3v) is 4.87. The highest BCUT2D eigenvalue weighted by Gasteiger charge is 2.43. The SMILES string of the molecule is N=C1C[C@@H]2C=C3CC4=CC(C=CC=C4)C3CC12. The molecule has 0 aromatic rings. The molecule has 86 valence electrons. The fourth-order valence-electron chi connectivity index (χ4n) is 3.89. The highest BCUT2D eigenvalue weighted by molar-refractivity contribution is 5.91. The third-order valence-electron chi connectivity index (χ3n) is 4.87. The maximum Gasteiger partial charge on any atom is 0.0132 e. The summed E-state index contributed by atoms with van der Waals surface area (Å²) in [5.41, 5.74) is 4.13. The van der Waals surface area contributed by atoms with Gasteiger partial charge in [-0.1, -0.05) is 42.0 Å². The largest absolute Gasteiger partial charge is 0.309 e. The average molecular weight is 223 g/mol. The van der Waals surface area contributed by atoms with Crippen molar-refractivity contribution in [3.05, 3.63) is 47.6 Å². The minimum absolute atomic E-state index is 0.573. The van der Waals surface area contributed by atoms with E-state index in [0.29, 0.717) is 23.7 Å². The summed E-state index contributed by atoms with van der Waals surface area (Å²) in [6, 6.07) is 0. The Kier molecular flexibility index (Phi) is 1.88. The van der Waals surface area contributed by atoms with E-state index in [4.69, 9.17) is 5.41 Å². The second-order valence-electron chi connectivity index (χ2n) is 5.82. The zero-order valence-electron chi connectivity index (χ0n) is 9.89. The summed E-state index contributed by atoms with van der Waals surface area (Å²) in [5, 5.41) is 7.91. The van der Waals surface area contributed by atoms with Gasteiger partial charge in [-0.3, -0.25) is 0 Å². The first-order valence-corrected chi connectivity index (χ1v) is 6.65. The maximum absolute atomic E-state index is 7.91. The Morgan fingerprint density at radius 3 is 2.94 bits per heavy atom. The minimum Gasteiger partial charge on any atom is -0.309 e. The highest BCUT2D eigenvalue weighted by Crippen LogP contribution is 2.50. The smallest absolute Gasteiger partial charge is 0.0132 e. The third kappa shape index (κ3) is 1.35. The van der Waals surface area contributed by atoms with Gasteiger partial charge in [0, 0.05) is 17.5 Å². The number of allylic oxidation sites excluding steroid dienone is 8. The molecule has 0 radical (unpaired) electrons. The van der Waals surface area contributed by atoms with Crippen molar-refractivity contribution in [3.8, 4) is 0 Å². The van der Waals surface area contributed by atoms with Gasteiger partial charge in [-0.2, -0.15) is 0 Å². The average Bonchev–Trinajstić information content (AvgIpc) is 2.50. The van der Waals surface area contributed by atoms with Crippen LogP contribution in [0.1, 0.15) is 19.3 Å². The molecular weight excluding hydrogens is 206 g/mol. The Morgan fingerprint density at radius 2 is 2.06 bits per heavy atom. The van der Waals surface area contributed by atoms with Crippen molar-refractivity contribution in [2.45, 2.75) is 19.3 Å². The topological polar surface area (TPSA) is 23.9 Å². The van der Waals surface area contributed by atoms with Crippen LogP contribution in [0.15, 0.2) is 47.6 Å². The zero-order valence-corrected chi connectivity index (χ0v) is 9.89. The number of fused-ring (bicyclic) bond motifs is 4. The molecule has 0 heterocycles. The van der Waals surface area contributed by atoms with Crippen molar-refractivity contribution in [1.29, 1.82) is 5.41 Å². The Bertz CT molecular complexity index is 504. The van der Waals surface area contributed by atoms with E-state index in [1.54, 1.807) is 5.57 Å². The fraction of sp³-hybridized carbons (Fsp3) is 0.438. The van der Waals surface area contributed by atoms with Crippen LogP contribution in [0.2, 0.25) is 0 Å². The van der Waals surface area contributed by atoms with E-state index < -0.39 is 0 Å². The van der Waals surface area contributed by atoms with Gasteiger partial charge in [0.2, 0.25) is 0 Å². The van der Waals surface area contributed by atoms with E-state index in [9.17, 15) is 0 Å². The molecule has 1 fully saturated rings. The molecule has 1 saturated carbocycles. The molecule has 4 rings (SSSR count). The predicted octanol–water partition coefficient (Wildman–Crippen LogP) is 3.66. The molecule has 2 bridgehead atoms. The lowest BCUT2D eigenvalue weighted by Gasteiger charge is -2.46. The molecule has 4 aliphatic rings. The molecule has 17 heavy (non-hydrogen) atoms. The van der Waals surface area contributed by atoms with E-state index in [1.807, 2.05) is 0 Å². The van der Waals surface area contributed by atoms with Crippen molar-refractivity contribution >= 4 is 5.71 Å². The number of hydrogen-bond donors (Lipinski definition) is 1. The lowest BCUT2D eigenvalue weighted by molar-refractivity contribution is 0.295. The standard InChI is InChI=1S/C16H17N/c17-16-8-13-7-12-6-10-3-1-2-4-11(5-10)14(12)9-15(13)16/h1-5,7,11,13-15,17H,6,8-9H2/t11?,13-,14?,15?/m0/s1. The molecule has 0 saturated heterocycles. The van der Waals surface area contributed by atoms with E-state index in [0.717, 1.165) is 18.6 Å². The van der Waals surface area contributed by atoms with E-state index in [2.05, 4.69) is 36.5 Å². The summed E-state index contributed by atoms with van der Waals surface area (Å²) in [6.45, 7) is 0.